The van der Waals surface area contributed by atoms with Gasteiger partial charge in [0.2, 0.25) is 0 Å². The average Bonchev–Trinajstić information content (AvgIpc) is 2.74. The highest BCUT2D eigenvalue weighted by Gasteiger charge is 2.36. The molecular formula is C23H22N2O2. The first kappa shape index (κ1) is 17.2. The first-order valence-electron chi connectivity index (χ1n) is 9.06. The summed E-state index contributed by atoms with van der Waals surface area (Å²) in [7, 11) is 1.65. The molecule has 4 heteroatoms. The van der Waals surface area contributed by atoms with E-state index in [1.165, 1.54) is 0 Å². The van der Waals surface area contributed by atoms with Crippen molar-refractivity contribution in [3.8, 4) is 5.75 Å². The van der Waals surface area contributed by atoms with Gasteiger partial charge < -0.3 is 15.0 Å². The van der Waals surface area contributed by atoms with Crippen LogP contribution in [0.4, 0.5) is 5.69 Å². The first-order chi connectivity index (χ1) is 13.2. The van der Waals surface area contributed by atoms with Gasteiger partial charge in [0.15, 0.2) is 0 Å². The van der Waals surface area contributed by atoms with Crippen molar-refractivity contribution in [3.05, 3.63) is 95.6 Å². The van der Waals surface area contributed by atoms with Crippen LogP contribution in [0.25, 0.3) is 0 Å². The van der Waals surface area contributed by atoms with Gasteiger partial charge in [-0.2, -0.15) is 0 Å². The molecule has 1 aliphatic rings. The number of nitrogens with one attached hydrogen (secondary N) is 1. The molecule has 3 aromatic rings. The molecule has 3 aromatic carbocycles. The molecule has 0 radical (unpaired) electrons. The average molecular weight is 358 g/mol. The fraction of sp³-hybridized carbons (Fsp3) is 0.174. The molecule has 0 saturated carbocycles. The number of hydrogen-bond acceptors (Lipinski definition) is 3. The Morgan fingerprint density at radius 3 is 2.30 bits per heavy atom. The quantitative estimate of drug-likeness (QED) is 0.712. The maximum absolute atomic E-state index is 13.4. The Bertz CT molecular complexity index is 938. The number of amides is 1. The van der Waals surface area contributed by atoms with Crippen LogP contribution in [-0.4, -0.2) is 17.9 Å². The molecule has 1 N–H and O–H groups in total. The lowest BCUT2D eigenvalue weighted by atomic mass is 9.98. The van der Waals surface area contributed by atoms with Crippen molar-refractivity contribution < 1.29 is 9.53 Å². The SMILES string of the molecule is COc1ccc(C2Nc3ccccc3C(=O)N2C(C)c2ccccc2)cc1. The molecule has 1 aliphatic heterocycles. The van der Waals surface area contributed by atoms with Crippen LogP contribution in [0, 0.1) is 0 Å². The van der Waals surface area contributed by atoms with Crippen molar-refractivity contribution in [3.63, 3.8) is 0 Å². The molecule has 136 valence electrons. The van der Waals surface area contributed by atoms with E-state index in [1.54, 1.807) is 7.11 Å². The third-order valence-corrected chi connectivity index (χ3v) is 5.09. The van der Waals surface area contributed by atoms with Gasteiger partial charge in [0.1, 0.15) is 11.9 Å². The Balaban J connectivity index is 1.79. The maximum Gasteiger partial charge on any atom is 0.258 e. The van der Waals surface area contributed by atoms with Gasteiger partial charge in [-0.05, 0) is 42.3 Å². The van der Waals surface area contributed by atoms with Crippen molar-refractivity contribution in [1.82, 2.24) is 4.90 Å². The zero-order chi connectivity index (χ0) is 18.8. The van der Waals surface area contributed by atoms with E-state index in [0.29, 0.717) is 5.56 Å². The van der Waals surface area contributed by atoms with Gasteiger partial charge in [-0.3, -0.25) is 4.79 Å². The minimum Gasteiger partial charge on any atom is -0.497 e. The summed E-state index contributed by atoms with van der Waals surface area (Å²) >= 11 is 0. The van der Waals surface area contributed by atoms with E-state index >= 15 is 0 Å². The van der Waals surface area contributed by atoms with E-state index in [2.05, 4.69) is 24.4 Å². The summed E-state index contributed by atoms with van der Waals surface area (Å²) in [6.07, 6.45) is -0.256. The smallest absolute Gasteiger partial charge is 0.258 e. The maximum atomic E-state index is 13.4. The number of benzene rings is 3. The summed E-state index contributed by atoms with van der Waals surface area (Å²) in [6, 6.07) is 25.6. The van der Waals surface area contributed by atoms with Gasteiger partial charge in [0.05, 0.1) is 18.7 Å². The number of para-hydroxylation sites is 1. The summed E-state index contributed by atoms with van der Waals surface area (Å²) in [5.74, 6) is 0.825. The van der Waals surface area contributed by atoms with E-state index in [-0.39, 0.29) is 18.1 Å². The first-order valence-corrected chi connectivity index (χ1v) is 9.06. The Morgan fingerprint density at radius 1 is 0.926 bits per heavy atom. The molecule has 0 aromatic heterocycles. The molecule has 2 unspecified atom stereocenters. The number of carbonyl (C=O) groups excluding carboxylic acids is 1. The van der Waals surface area contributed by atoms with Crippen LogP contribution in [0.5, 0.6) is 5.75 Å². The normalized spacial score (nSPS) is 17.0. The van der Waals surface area contributed by atoms with Gasteiger partial charge in [-0.15, -0.1) is 0 Å². The highest BCUT2D eigenvalue weighted by atomic mass is 16.5. The molecular weight excluding hydrogens is 336 g/mol. The predicted octanol–water partition coefficient (Wildman–Crippen LogP) is 5.02. The number of hydrogen-bond donors (Lipinski definition) is 1. The summed E-state index contributed by atoms with van der Waals surface area (Å²) in [5, 5.41) is 3.55. The van der Waals surface area contributed by atoms with E-state index < -0.39 is 0 Å². The Morgan fingerprint density at radius 2 is 1.59 bits per heavy atom. The van der Waals surface area contributed by atoms with Crippen LogP contribution >= 0.6 is 0 Å². The van der Waals surface area contributed by atoms with Crippen LogP contribution in [0.2, 0.25) is 0 Å². The molecule has 0 saturated heterocycles. The summed E-state index contributed by atoms with van der Waals surface area (Å²) in [5.41, 5.74) is 3.68. The third kappa shape index (κ3) is 3.14. The third-order valence-electron chi connectivity index (χ3n) is 5.09. The zero-order valence-electron chi connectivity index (χ0n) is 15.4. The lowest BCUT2D eigenvalue weighted by Gasteiger charge is -2.42. The fourth-order valence-corrected chi connectivity index (χ4v) is 3.59. The van der Waals surface area contributed by atoms with Crippen molar-refractivity contribution in [2.45, 2.75) is 19.1 Å². The molecule has 1 heterocycles. The van der Waals surface area contributed by atoms with Crippen LogP contribution in [0.3, 0.4) is 0 Å². The van der Waals surface area contributed by atoms with E-state index in [9.17, 15) is 4.79 Å². The molecule has 0 fully saturated rings. The summed E-state index contributed by atoms with van der Waals surface area (Å²) in [6.45, 7) is 2.07. The van der Waals surface area contributed by atoms with Crippen molar-refractivity contribution >= 4 is 11.6 Å². The number of ether oxygens (including phenoxy) is 1. The van der Waals surface area contributed by atoms with Gasteiger partial charge >= 0.3 is 0 Å². The zero-order valence-corrected chi connectivity index (χ0v) is 15.4. The minimum absolute atomic E-state index is 0.0292. The number of carbonyl (C=O) groups is 1. The monoisotopic (exact) mass is 358 g/mol. The van der Waals surface area contributed by atoms with Crippen LogP contribution < -0.4 is 10.1 Å². The summed E-state index contributed by atoms with van der Waals surface area (Å²) in [4.78, 5) is 15.3. The minimum atomic E-state index is -0.256. The van der Waals surface area contributed by atoms with Crippen molar-refractivity contribution in [1.29, 1.82) is 0 Å². The van der Waals surface area contributed by atoms with E-state index in [4.69, 9.17) is 4.74 Å². The van der Waals surface area contributed by atoms with Gasteiger partial charge in [0, 0.05) is 5.69 Å². The second-order valence-electron chi connectivity index (χ2n) is 6.66. The lowest BCUT2D eigenvalue weighted by molar-refractivity contribution is 0.0596. The van der Waals surface area contributed by atoms with Crippen LogP contribution in [0.1, 0.15) is 40.6 Å². The van der Waals surface area contributed by atoms with Crippen LogP contribution in [0.15, 0.2) is 78.9 Å². The molecule has 27 heavy (non-hydrogen) atoms. The standard InChI is InChI=1S/C23H22N2O2/c1-16(17-8-4-3-5-9-17)25-22(18-12-14-19(27-2)15-13-18)24-21-11-7-6-10-20(21)23(25)26/h3-16,22,24H,1-2H3. The number of nitrogens with zero attached hydrogens (tertiary/aromatic N) is 1. The van der Waals surface area contributed by atoms with Crippen LogP contribution in [-0.2, 0) is 0 Å². The largest absolute Gasteiger partial charge is 0.497 e. The number of fused-ring (bicyclic) bond motifs is 1. The molecule has 2 atom stereocenters. The molecule has 0 spiro atoms. The molecule has 0 bridgehead atoms. The molecule has 0 aliphatic carbocycles. The number of methoxy groups -OCH3 is 1. The Labute approximate surface area is 159 Å². The topological polar surface area (TPSA) is 41.6 Å². The fourth-order valence-electron chi connectivity index (χ4n) is 3.59. The van der Waals surface area contributed by atoms with Gasteiger partial charge in [-0.1, -0.05) is 54.6 Å². The Hall–Kier alpha value is -3.27. The second-order valence-corrected chi connectivity index (χ2v) is 6.66. The molecule has 4 nitrogen and oxygen atoms in total. The number of rotatable bonds is 4. The van der Waals surface area contributed by atoms with Crippen molar-refractivity contribution in [2.24, 2.45) is 0 Å². The number of anilines is 1. The summed E-state index contributed by atoms with van der Waals surface area (Å²) < 4.78 is 5.28. The predicted molar refractivity (Wildman–Crippen MR) is 107 cm³/mol. The van der Waals surface area contributed by atoms with E-state index in [0.717, 1.165) is 22.6 Å². The molecule has 4 rings (SSSR count). The highest BCUT2D eigenvalue weighted by Crippen LogP contribution is 2.38. The lowest BCUT2D eigenvalue weighted by Crippen LogP contribution is -2.44. The van der Waals surface area contributed by atoms with Gasteiger partial charge in [-0.25, -0.2) is 0 Å². The molecule has 1 amide bonds. The van der Waals surface area contributed by atoms with Crippen molar-refractivity contribution in [2.75, 3.05) is 12.4 Å². The van der Waals surface area contributed by atoms with E-state index in [1.807, 2.05) is 71.6 Å². The highest BCUT2D eigenvalue weighted by molar-refractivity contribution is 6.02. The Kier molecular flexibility index (Phi) is 4.55. The van der Waals surface area contributed by atoms with Gasteiger partial charge in [0.25, 0.3) is 5.91 Å². The second kappa shape index (κ2) is 7.16.